The molecule has 3 rings (SSSR count). The number of morpholine rings is 1. The minimum Gasteiger partial charge on any atom is -0.375 e. The van der Waals surface area contributed by atoms with E-state index in [9.17, 15) is 0 Å². The Balaban J connectivity index is 1.65. The summed E-state index contributed by atoms with van der Waals surface area (Å²) in [6, 6.07) is 0.691. The smallest absolute Gasteiger partial charge is 0.0730 e. The quantitative estimate of drug-likeness (QED) is 0.852. The summed E-state index contributed by atoms with van der Waals surface area (Å²) in [6.45, 7) is 6.54. The van der Waals surface area contributed by atoms with Crippen LogP contribution in [0.4, 0.5) is 0 Å². The lowest BCUT2D eigenvalue weighted by Crippen LogP contribution is -2.54. The van der Waals surface area contributed by atoms with Gasteiger partial charge in [-0.3, -0.25) is 4.90 Å². The van der Waals surface area contributed by atoms with E-state index in [0.717, 1.165) is 25.6 Å². The maximum absolute atomic E-state index is 6.18. The van der Waals surface area contributed by atoms with Crippen molar-refractivity contribution in [2.45, 2.75) is 64.0 Å². The van der Waals surface area contributed by atoms with E-state index in [4.69, 9.17) is 10.5 Å². The van der Waals surface area contributed by atoms with E-state index in [1.165, 1.54) is 51.5 Å². The standard InChI is InChI=1S/C16H30N2O/c1-13-5-7-16(11-17,8-6-13)12-18-9-10-19-15-4-2-3-14(15)18/h13-15H,2-12,17H2,1H3. The first-order chi connectivity index (χ1) is 9.22. The summed E-state index contributed by atoms with van der Waals surface area (Å²) >= 11 is 0. The Morgan fingerprint density at radius 3 is 2.74 bits per heavy atom. The molecule has 2 atom stereocenters. The molecule has 3 nitrogen and oxygen atoms in total. The lowest BCUT2D eigenvalue weighted by atomic mass is 9.70. The number of hydrogen-bond donors (Lipinski definition) is 1. The van der Waals surface area contributed by atoms with Crippen LogP contribution < -0.4 is 5.73 Å². The van der Waals surface area contributed by atoms with E-state index in [0.29, 0.717) is 17.6 Å². The predicted octanol–water partition coefficient (Wildman–Crippen LogP) is 2.39. The van der Waals surface area contributed by atoms with Crippen LogP contribution in [0.5, 0.6) is 0 Å². The minimum absolute atomic E-state index is 0.400. The summed E-state index contributed by atoms with van der Waals surface area (Å²) in [5.41, 5.74) is 6.58. The first kappa shape index (κ1) is 13.8. The van der Waals surface area contributed by atoms with Crippen LogP contribution in [0.2, 0.25) is 0 Å². The SMILES string of the molecule is CC1CCC(CN)(CN2CCOC3CCCC32)CC1. The molecule has 2 N–H and O–H groups in total. The molecule has 3 fully saturated rings. The molecule has 1 aliphatic heterocycles. The van der Waals surface area contributed by atoms with Gasteiger partial charge in [-0.05, 0) is 50.0 Å². The zero-order valence-corrected chi connectivity index (χ0v) is 12.4. The van der Waals surface area contributed by atoms with Gasteiger partial charge in [-0.2, -0.15) is 0 Å². The molecule has 0 aromatic carbocycles. The summed E-state index contributed by atoms with van der Waals surface area (Å²) in [7, 11) is 0. The zero-order chi connectivity index (χ0) is 13.3. The highest BCUT2D eigenvalue weighted by Crippen LogP contribution is 2.40. The lowest BCUT2D eigenvalue weighted by Gasteiger charge is -2.46. The molecule has 19 heavy (non-hydrogen) atoms. The van der Waals surface area contributed by atoms with Crippen molar-refractivity contribution in [2.24, 2.45) is 17.1 Å². The highest BCUT2D eigenvalue weighted by Gasteiger charge is 2.41. The third-order valence-electron chi connectivity index (χ3n) is 5.90. The molecule has 3 aliphatic rings. The fraction of sp³-hybridized carbons (Fsp3) is 1.00. The van der Waals surface area contributed by atoms with Gasteiger partial charge in [0.2, 0.25) is 0 Å². The van der Waals surface area contributed by atoms with Crippen molar-refractivity contribution < 1.29 is 4.74 Å². The lowest BCUT2D eigenvalue weighted by molar-refractivity contribution is -0.0724. The molecule has 1 heterocycles. The first-order valence-corrected chi connectivity index (χ1v) is 8.28. The summed E-state index contributed by atoms with van der Waals surface area (Å²) in [6.07, 6.45) is 9.88. The fourth-order valence-corrected chi connectivity index (χ4v) is 4.43. The third kappa shape index (κ3) is 2.84. The van der Waals surface area contributed by atoms with Gasteiger partial charge in [-0.15, -0.1) is 0 Å². The molecule has 3 heteroatoms. The van der Waals surface area contributed by atoms with E-state index >= 15 is 0 Å². The second-order valence-corrected chi connectivity index (χ2v) is 7.26. The topological polar surface area (TPSA) is 38.5 Å². The second-order valence-electron chi connectivity index (χ2n) is 7.26. The van der Waals surface area contributed by atoms with E-state index in [-0.39, 0.29) is 0 Å². The summed E-state index contributed by atoms with van der Waals surface area (Å²) in [4.78, 5) is 2.73. The Hall–Kier alpha value is -0.120. The number of rotatable bonds is 3. The average molecular weight is 266 g/mol. The van der Waals surface area contributed by atoms with Crippen molar-refractivity contribution in [1.82, 2.24) is 4.90 Å². The highest BCUT2D eigenvalue weighted by molar-refractivity contribution is 4.95. The number of nitrogens with zero attached hydrogens (tertiary/aromatic N) is 1. The third-order valence-corrected chi connectivity index (χ3v) is 5.90. The van der Waals surface area contributed by atoms with Crippen molar-refractivity contribution >= 4 is 0 Å². The molecular formula is C16H30N2O. The first-order valence-electron chi connectivity index (χ1n) is 8.28. The van der Waals surface area contributed by atoms with Crippen LogP contribution in [0.1, 0.15) is 51.9 Å². The van der Waals surface area contributed by atoms with Crippen molar-refractivity contribution in [1.29, 1.82) is 0 Å². The van der Waals surface area contributed by atoms with Gasteiger partial charge in [-0.1, -0.05) is 19.8 Å². The Morgan fingerprint density at radius 1 is 1.21 bits per heavy atom. The summed E-state index contributed by atoms with van der Waals surface area (Å²) in [5.74, 6) is 0.906. The number of ether oxygens (including phenoxy) is 1. The maximum Gasteiger partial charge on any atom is 0.0730 e. The van der Waals surface area contributed by atoms with Gasteiger partial charge in [0.25, 0.3) is 0 Å². The molecule has 2 saturated carbocycles. The molecule has 2 unspecified atom stereocenters. The van der Waals surface area contributed by atoms with Crippen molar-refractivity contribution in [3.8, 4) is 0 Å². The van der Waals surface area contributed by atoms with Gasteiger partial charge < -0.3 is 10.5 Å². The molecule has 0 aromatic heterocycles. The van der Waals surface area contributed by atoms with Crippen LogP contribution in [-0.4, -0.2) is 43.3 Å². The summed E-state index contributed by atoms with van der Waals surface area (Å²) < 4.78 is 5.93. The molecule has 0 aromatic rings. The van der Waals surface area contributed by atoms with Crippen LogP contribution in [0, 0.1) is 11.3 Å². The summed E-state index contributed by atoms with van der Waals surface area (Å²) in [5, 5.41) is 0. The van der Waals surface area contributed by atoms with E-state index in [2.05, 4.69) is 11.8 Å². The van der Waals surface area contributed by atoms with Crippen LogP contribution in [0.3, 0.4) is 0 Å². The molecule has 0 amide bonds. The Labute approximate surface area is 117 Å². The van der Waals surface area contributed by atoms with E-state index < -0.39 is 0 Å². The molecule has 110 valence electrons. The van der Waals surface area contributed by atoms with Crippen LogP contribution in [-0.2, 0) is 4.74 Å². The Morgan fingerprint density at radius 2 is 2.00 bits per heavy atom. The van der Waals surface area contributed by atoms with Crippen LogP contribution >= 0.6 is 0 Å². The van der Waals surface area contributed by atoms with Gasteiger partial charge in [0, 0.05) is 19.1 Å². The Kier molecular flexibility index (Phi) is 4.16. The number of fused-ring (bicyclic) bond motifs is 1. The fourth-order valence-electron chi connectivity index (χ4n) is 4.43. The van der Waals surface area contributed by atoms with Crippen molar-refractivity contribution in [3.63, 3.8) is 0 Å². The maximum atomic E-state index is 6.18. The second kappa shape index (κ2) is 5.71. The van der Waals surface area contributed by atoms with Gasteiger partial charge in [0.05, 0.1) is 12.7 Å². The normalized spacial score (nSPS) is 44.2. The highest BCUT2D eigenvalue weighted by atomic mass is 16.5. The van der Waals surface area contributed by atoms with Crippen LogP contribution in [0.25, 0.3) is 0 Å². The molecule has 0 bridgehead atoms. The Bertz CT molecular complexity index is 299. The van der Waals surface area contributed by atoms with Crippen molar-refractivity contribution in [3.05, 3.63) is 0 Å². The predicted molar refractivity (Wildman–Crippen MR) is 78.1 cm³/mol. The minimum atomic E-state index is 0.400. The van der Waals surface area contributed by atoms with E-state index in [1.807, 2.05) is 0 Å². The number of hydrogen-bond acceptors (Lipinski definition) is 3. The number of nitrogens with two attached hydrogens (primary N) is 1. The van der Waals surface area contributed by atoms with Gasteiger partial charge in [0.1, 0.15) is 0 Å². The van der Waals surface area contributed by atoms with Gasteiger partial charge in [0.15, 0.2) is 0 Å². The molecule has 0 spiro atoms. The molecule has 1 saturated heterocycles. The van der Waals surface area contributed by atoms with Gasteiger partial charge >= 0.3 is 0 Å². The largest absolute Gasteiger partial charge is 0.375 e. The van der Waals surface area contributed by atoms with Gasteiger partial charge in [-0.25, -0.2) is 0 Å². The van der Waals surface area contributed by atoms with Crippen molar-refractivity contribution in [2.75, 3.05) is 26.2 Å². The van der Waals surface area contributed by atoms with E-state index in [1.54, 1.807) is 0 Å². The zero-order valence-electron chi connectivity index (χ0n) is 12.4. The van der Waals surface area contributed by atoms with Crippen LogP contribution in [0.15, 0.2) is 0 Å². The molecule has 2 aliphatic carbocycles. The molecule has 0 radical (unpaired) electrons. The average Bonchev–Trinajstić information content (AvgIpc) is 2.91. The molecular weight excluding hydrogens is 236 g/mol. The monoisotopic (exact) mass is 266 g/mol.